The van der Waals surface area contributed by atoms with Crippen molar-refractivity contribution in [3.63, 3.8) is 0 Å². The van der Waals surface area contributed by atoms with Crippen molar-refractivity contribution in [2.45, 2.75) is 23.9 Å². The number of piperazine rings is 1. The standard InChI is InChI=1S/C10H17N5S/c1-14-5-7(4-12-14)8-6-15-9(2-3-11-15)10(16)13-8/h4-5,8-11,13,16H,2-3,6H2,1H3. The summed E-state index contributed by atoms with van der Waals surface area (Å²) < 4.78 is 1.84. The van der Waals surface area contributed by atoms with Crippen LogP contribution in [0.5, 0.6) is 0 Å². The Bertz CT molecular complexity index is 379. The van der Waals surface area contributed by atoms with E-state index in [4.69, 9.17) is 0 Å². The highest BCUT2D eigenvalue weighted by atomic mass is 32.1. The van der Waals surface area contributed by atoms with E-state index in [-0.39, 0.29) is 5.37 Å². The zero-order chi connectivity index (χ0) is 11.1. The second-order valence-electron chi connectivity index (χ2n) is 4.53. The first-order valence-corrected chi connectivity index (χ1v) is 6.18. The number of nitrogens with one attached hydrogen (secondary N) is 2. The van der Waals surface area contributed by atoms with Crippen molar-refractivity contribution >= 4 is 12.6 Å². The van der Waals surface area contributed by atoms with Gasteiger partial charge in [-0.2, -0.15) is 17.7 Å². The van der Waals surface area contributed by atoms with Gasteiger partial charge in [-0.1, -0.05) is 0 Å². The summed E-state index contributed by atoms with van der Waals surface area (Å²) in [5.41, 5.74) is 4.64. The Balaban J connectivity index is 1.78. The van der Waals surface area contributed by atoms with Gasteiger partial charge in [0.1, 0.15) is 0 Å². The van der Waals surface area contributed by atoms with Gasteiger partial charge in [-0.3, -0.25) is 15.4 Å². The molecule has 2 saturated heterocycles. The maximum Gasteiger partial charge on any atom is 0.0680 e. The number of fused-ring (bicyclic) bond motifs is 1. The number of hydrazine groups is 1. The van der Waals surface area contributed by atoms with Gasteiger partial charge in [-0.05, 0) is 6.42 Å². The van der Waals surface area contributed by atoms with E-state index in [2.05, 4.69) is 39.7 Å². The van der Waals surface area contributed by atoms with Crippen LogP contribution in [-0.4, -0.2) is 39.3 Å². The molecule has 6 heteroatoms. The molecule has 3 rings (SSSR count). The molecular formula is C10H17N5S. The third-order valence-corrected chi connectivity index (χ3v) is 3.89. The van der Waals surface area contributed by atoms with Crippen LogP contribution in [0.2, 0.25) is 0 Å². The molecule has 88 valence electrons. The number of aryl methyl sites for hydroxylation is 1. The van der Waals surface area contributed by atoms with Crippen molar-refractivity contribution in [2.75, 3.05) is 13.1 Å². The number of aromatic nitrogens is 2. The number of hydrogen-bond acceptors (Lipinski definition) is 5. The van der Waals surface area contributed by atoms with Crippen LogP contribution in [-0.2, 0) is 7.05 Å². The van der Waals surface area contributed by atoms with Crippen LogP contribution in [0, 0.1) is 0 Å². The topological polar surface area (TPSA) is 45.1 Å². The minimum Gasteiger partial charge on any atom is -0.296 e. The SMILES string of the molecule is Cn1cc(C2CN3NCCC3C(S)N2)cn1. The first-order valence-electron chi connectivity index (χ1n) is 5.67. The normalized spacial score (nSPS) is 35.2. The van der Waals surface area contributed by atoms with E-state index in [1.807, 2.05) is 17.9 Å². The lowest BCUT2D eigenvalue weighted by Gasteiger charge is -2.39. The first kappa shape index (κ1) is 10.6. The summed E-state index contributed by atoms with van der Waals surface area (Å²) in [4.78, 5) is 0. The highest BCUT2D eigenvalue weighted by Crippen LogP contribution is 2.26. The summed E-state index contributed by atoms with van der Waals surface area (Å²) in [7, 11) is 1.95. The lowest BCUT2D eigenvalue weighted by atomic mass is 10.1. The van der Waals surface area contributed by atoms with Gasteiger partial charge in [0.15, 0.2) is 0 Å². The second kappa shape index (κ2) is 4.03. The summed E-state index contributed by atoms with van der Waals surface area (Å²) in [6, 6.07) is 0.828. The summed E-state index contributed by atoms with van der Waals surface area (Å²) in [6.07, 6.45) is 5.16. The van der Waals surface area contributed by atoms with E-state index in [0.29, 0.717) is 12.1 Å². The first-order chi connectivity index (χ1) is 7.74. The van der Waals surface area contributed by atoms with Crippen LogP contribution in [0.3, 0.4) is 0 Å². The summed E-state index contributed by atoms with van der Waals surface area (Å²) >= 11 is 4.63. The molecule has 0 spiro atoms. The van der Waals surface area contributed by atoms with E-state index in [1.165, 1.54) is 12.0 Å². The molecule has 2 N–H and O–H groups in total. The molecule has 5 nitrogen and oxygen atoms in total. The number of rotatable bonds is 1. The summed E-state index contributed by atoms with van der Waals surface area (Å²) in [5.74, 6) is 0. The minimum absolute atomic E-state index is 0.231. The Morgan fingerprint density at radius 2 is 2.44 bits per heavy atom. The van der Waals surface area contributed by atoms with Gasteiger partial charge in [0.25, 0.3) is 0 Å². The van der Waals surface area contributed by atoms with Crippen LogP contribution >= 0.6 is 12.6 Å². The van der Waals surface area contributed by atoms with E-state index in [9.17, 15) is 0 Å². The fourth-order valence-electron chi connectivity index (χ4n) is 2.55. The van der Waals surface area contributed by atoms with Crippen LogP contribution in [0.15, 0.2) is 12.4 Å². The number of thiol groups is 1. The Kier molecular flexibility index (Phi) is 2.67. The molecule has 3 unspecified atom stereocenters. The van der Waals surface area contributed by atoms with E-state index < -0.39 is 0 Å². The maximum absolute atomic E-state index is 4.63. The maximum atomic E-state index is 4.63. The Morgan fingerprint density at radius 3 is 3.19 bits per heavy atom. The zero-order valence-corrected chi connectivity index (χ0v) is 10.2. The van der Waals surface area contributed by atoms with Crippen molar-refractivity contribution in [3.05, 3.63) is 18.0 Å². The summed E-state index contributed by atoms with van der Waals surface area (Å²) in [6.45, 7) is 2.04. The summed E-state index contributed by atoms with van der Waals surface area (Å²) in [5, 5.41) is 10.3. The molecule has 1 aromatic rings. The molecule has 0 aliphatic carbocycles. The third kappa shape index (κ3) is 1.75. The zero-order valence-electron chi connectivity index (χ0n) is 9.30. The molecule has 3 atom stereocenters. The molecule has 2 aliphatic rings. The van der Waals surface area contributed by atoms with Gasteiger partial charge in [-0.25, -0.2) is 5.01 Å². The smallest absolute Gasteiger partial charge is 0.0680 e. The Labute approximate surface area is 101 Å². The number of hydrogen-bond donors (Lipinski definition) is 3. The van der Waals surface area contributed by atoms with Crippen LogP contribution < -0.4 is 10.7 Å². The van der Waals surface area contributed by atoms with Crippen molar-refractivity contribution in [1.82, 2.24) is 25.5 Å². The van der Waals surface area contributed by atoms with Gasteiger partial charge in [0, 0.05) is 31.9 Å². The molecule has 0 radical (unpaired) electrons. The van der Waals surface area contributed by atoms with Gasteiger partial charge in [0.2, 0.25) is 0 Å². The quantitative estimate of drug-likeness (QED) is 0.599. The van der Waals surface area contributed by atoms with Gasteiger partial charge < -0.3 is 0 Å². The van der Waals surface area contributed by atoms with Crippen LogP contribution in [0.25, 0.3) is 0 Å². The van der Waals surface area contributed by atoms with E-state index >= 15 is 0 Å². The van der Waals surface area contributed by atoms with Crippen LogP contribution in [0.1, 0.15) is 18.0 Å². The molecule has 2 aliphatic heterocycles. The average molecular weight is 239 g/mol. The molecule has 3 heterocycles. The average Bonchev–Trinajstić information content (AvgIpc) is 2.85. The van der Waals surface area contributed by atoms with Gasteiger partial charge >= 0.3 is 0 Å². The van der Waals surface area contributed by atoms with Gasteiger partial charge in [-0.15, -0.1) is 0 Å². The molecule has 2 fully saturated rings. The highest BCUT2D eigenvalue weighted by Gasteiger charge is 2.37. The lowest BCUT2D eigenvalue weighted by Crippen LogP contribution is -2.56. The number of nitrogens with zero attached hydrogens (tertiary/aromatic N) is 3. The fraction of sp³-hybridized carbons (Fsp3) is 0.700. The molecular weight excluding hydrogens is 222 g/mol. The van der Waals surface area contributed by atoms with E-state index in [0.717, 1.165) is 13.1 Å². The third-order valence-electron chi connectivity index (χ3n) is 3.40. The molecule has 0 aromatic carbocycles. The Hall–Kier alpha value is -0.560. The lowest BCUT2D eigenvalue weighted by molar-refractivity contribution is 0.115. The molecule has 16 heavy (non-hydrogen) atoms. The van der Waals surface area contributed by atoms with E-state index in [1.54, 1.807) is 0 Å². The molecule has 0 amide bonds. The predicted molar refractivity (Wildman–Crippen MR) is 65.0 cm³/mol. The second-order valence-corrected chi connectivity index (χ2v) is 5.08. The van der Waals surface area contributed by atoms with Crippen molar-refractivity contribution < 1.29 is 0 Å². The molecule has 1 aromatic heterocycles. The highest BCUT2D eigenvalue weighted by molar-refractivity contribution is 7.81. The predicted octanol–water partition coefficient (Wildman–Crippen LogP) is -0.101. The van der Waals surface area contributed by atoms with Gasteiger partial charge in [0.05, 0.1) is 23.7 Å². The van der Waals surface area contributed by atoms with Crippen molar-refractivity contribution in [1.29, 1.82) is 0 Å². The largest absolute Gasteiger partial charge is 0.296 e. The molecule has 0 saturated carbocycles. The van der Waals surface area contributed by atoms with Crippen molar-refractivity contribution in [3.8, 4) is 0 Å². The molecule has 0 bridgehead atoms. The van der Waals surface area contributed by atoms with Crippen LogP contribution in [0.4, 0.5) is 0 Å². The minimum atomic E-state index is 0.231. The van der Waals surface area contributed by atoms with Crippen molar-refractivity contribution in [2.24, 2.45) is 7.05 Å². The fourth-order valence-corrected chi connectivity index (χ4v) is 3.04. The monoisotopic (exact) mass is 239 g/mol. The Morgan fingerprint density at radius 1 is 1.56 bits per heavy atom.